The second-order valence-electron chi connectivity index (χ2n) is 12.4. The second kappa shape index (κ2) is 12.2. The number of benzene rings is 4. The maximum Gasteiger partial charge on any atom is 0.263 e. The Morgan fingerprint density at radius 2 is 1.49 bits per heavy atom. The van der Waals surface area contributed by atoms with E-state index < -0.39 is 5.25 Å². The molecule has 0 radical (unpaired) electrons. The molecule has 1 aromatic heterocycles. The molecule has 1 heterocycles. The van der Waals surface area contributed by atoms with E-state index in [1.807, 2.05) is 105 Å². The Bertz CT molecular complexity index is 1870. The first-order chi connectivity index (χ1) is 21.9. The third-order valence-electron chi connectivity index (χ3n) is 9.33. The molecule has 1 fully saturated rings. The van der Waals surface area contributed by atoms with Gasteiger partial charge in [0.25, 0.3) is 5.56 Å². The van der Waals surface area contributed by atoms with Gasteiger partial charge in [-0.05, 0) is 80.6 Å². The smallest absolute Gasteiger partial charge is 0.263 e. The zero-order valence-electron chi connectivity index (χ0n) is 25.8. The zero-order valence-corrected chi connectivity index (χ0v) is 26.6. The van der Waals surface area contributed by atoms with Gasteiger partial charge < -0.3 is 0 Å². The third-order valence-corrected chi connectivity index (χ3v) is 10.4. The lowest BCUT2D eigenvalue weighted by molar-refractivity contribution is -0.117. The Morgan fingerprint density at radius 3 is 2.16 bits per heavy atom. The van der Waals surface area contributed by atoms with Crippen LogP contribution in [0.1, 0.15) is 55.7 Å². The van der Waals surface area contributed by atoms with Gasteiger partial charge in [0.15, 0.2) is 5.16 Å². The number of rotatable bonds is 6. The lowest BCUT2D eigenvalue weighted by Crippen LogP contribution is -2.43. The second-order valence-corrected chi connectivity index (χ2v) is 13.7. The van der Waals surface area contributed by atoms with E-state index in [0.717, 1.165) is 71.6 Å². The van der Waals surface area contributed by atoms with Crippen LogP contribution in [-0.4, -0.2) is 20.7 Å². The van der Waals surface area contributed by atoms with E-state index in [1.165, 1.54) is 23.7 Å². The number of amides is 1. The summed E-state index contributed by atoms with van der Waals surface area (Å²) in [6.07, 6.45) is 6.27. The molecule has 0 N–H and O–H groups in total. The molecule has 5 nitrogen and oxygen atoms in total. The highest BCUT2D eigenvalue weighted by molar-refractivity contribution is 8.00. The van der Waals surface area contributed by atoms with Crippen molar-refractivity contribution in [3.63, 3.8) is 0 Å². The van der Waals surface area contributed by atoms with E-state index in [0.29, 0.717) is 5.16 Å². The van der Waals surface area contributed by atoms with Gasteiger partial charge in [-0.25, -0.2) is 4.98 Å². The van der Waals surface area contributed by atoms with Gasteiger partial charge in [-0.1, -0.05) is 104 Å². The highest BCUT2D eigenvalue weighted by atomic mass is 32.2. The van der Waals surface area contributed by atoms with Crippen molar-refractivity contribution >= 4 is 29.0 Å². The van der Waals surface area contributed by atoms with Gasteiger partial charge in [0, 0.05) is 22.4 Å². The minimum absolute atomic E-state index is 0.00729. The monoisotopic (exact) mass is 611 g/mol. The highest BCUT2D eigenvalue weighted by Crippen LogP contribution is 2.49. The summed E-state index contributed by atoms with van der Waals surface area (Å²) in [5, 5.41) is 0.00262. The molecule has 4 aromatic carbocycles. The fraction of sp³-hybridized carbons (Fsp3) is 0.256. The maximum absolute atomic E-state index is 15.0. The molecule has 7 rings (SSSR count). The zero-order chi connectivity index (χ0) is 31.0. The number of para-hydroxylation sites is 2. The molecule has 1 spiro atoms. The van der Waals surface area contributed by atoms with Crippen molar-refractivity contribution in [2.75, 3.05) is 4.90 Å². The molecular formula is C39H37N3O2S. The molecular weight excluding hydrogens is 575 g/mol. The van der Waals surface area contributed by atoms with Crippen LogP contribution in [-0.2, 0) is 16.6 Å². The molecule has 1 saturated carbocycles. The minimum atomic E-state index is -0.533. The number of nitrogens with zero attached hydrogens (tertiary/aromatic N) is 3. The molecule has 5 aromatic rings. The maximum atomic E-state index is 15.0. The van der Waals surface area contributed by atoms with Crippen LogP contribution in [0.5, 0.6) is 0 Å². The molecule has 2 aliphatic carbocycles. The number of hydrogen-bond donors (Lipinski definition) is 0. The van der Waals surface area contributed by atoms with Crippen molar-refractivity contribution in [2.45, 2.75) is 68.2 Å². The molecule has 2 aliphatic rings. The normalized spacial score (nSPS) is 15.6. The van der Waals surface area contributed by atoms with Crippen LogP contribution in [0.4, 0.5) is 11.4 Å². The summed E-state index contributed by atoms with van der Waals surface area (Å²) in [6.45, 7) is 3.95. The van der Waals surface area contributed by atoms with E-state index in [2.05, 4.69) is 18.2 Å². The van der Waals surface area contributed by atoms with E-state index in [4.69, 9.17) is 4.98 Å². The number of aryl methyl sites for hydroxylation is 1. The SMILES string of the molecule is Cc1cccc(-n2c(S[C@H](C)C(=O)N(c3ccccc3)c3ccccc3)nc3c(c2=O)C2(CCCCC2)Cc2ccccc2-3)c1. The molecule has 1 amide bonds. The fourth-order valence-corrected chi connectivity index (χ4v) is 8.17. The van der Waals surface area contributed by atoms with Gasteiger partial charge >= 0.3 is 0 Å². The van der Waals surface area contributed by atoms with Crippen LogP contribution in [0.15, 0.2) is 119 Å². The number of carbonyl (C=O) groups excluding carboxylic acids is 1. The van der Waals surface area contributed by atoms with Gasteiger partial charge in [-0.2, -0.15) is 0 Å². The van der Waals surface area contributed by atoms with Crippen LogP contribution in [0.25, 0.3) is 16.9 Å². The van der Waals surface area contributed by atoms with Crippen LogP contribution in [0.2, 0.25) is 0 Å². The van der Waals surface area contributed by atoms with Crippen LogP contribution in [0, 0.1) is 6.92 Å². The Kier molecular flexibility index (Phi) is 7.92. The van der Waals surface area contributed by atoms with Crippen molar-refractivity contribution in [1.82, 2.24) is 9.55 Å². The lowest BCUT2D eigenvalue weighted by Gasteiger charge is -2.42. The van der Waals surface area contributed by atoms with Crippen LogP contribution >= 0.6 is 11.8 Å². The average molecular weight is 612 g/mol. The molecule has 6 heteroatoms. The fourth-order valence-electron chi connectivity index (χ4n) is 7.21. The Labute approximate surface area is 269 Å². The average Bonchev–Trinajstić information content (AvgIpc) is 3.06. The largest absolute Gasteiger partial charge is 0.280 e. The van der Waals surface area contributed by atoms with E-state index in [1.54, 1.807) is 9.47 Å². The number of hydrogen-bond acceptors (Lipinski definition) is 4. The first-order valence-electron chi connectivity index (χ1n) is 15.9. The first-order valence-corrected chi connectivity index (χ1v) is 16.8. The standard InChI is InChI=1S/C39H37N3O2S/c1-27-15-14-21-32(25-27)42-37(44)34-35(33-22-11-10-16-29(33)26-39(34)23-12-5-13-24-39)40-38(42)45-28(2)36(43)41(30-17-6-3-7-18-30)31-19-8-4-9-20-31/h3-4,6-11,14-22,25,28H,5,12-13,23-24,26H2,1-2H3/t28-/m1/s1. The van der Waals surface area contributed by atoms with Gasteiger partial charge in [-0.3, -0.25) is 19.1 Å². The van der Waals surface area contributed by atoms with Gasteiger partial charge in [0.2, 0.25) is 5.91 Å². The summed E-state index contributed by atoms with van der Waals surface area (Å²) in [4.78, 5) is 36.4. The molecule has 0 bridgehead atoms. The van der Waals surface area contributed by atoms with Crippen molar-refractivity contribution < 1.29 is 4.79 Å². The number of fused-ring (bicyclic) bond motifs is 4. The molecule has 1 atom stereocenters. The van der Waals surface area contributed by atoms with E-state index >= 15 is 0 Å². The quantitative estimate of drug-likeness (QED) is 0.142. The third kappa shape index (κ3) is 5.42. The first kappa shape index (κ1) is 29.3. The van der Waals surface area contributed by atoms with Crippen LogP contribution < -0.4 is 10.5 Å². The van der Waals surface area contributed by atoms with Crippen molar-refractivity contribution in [3.05, 3.63) is 136 Å². The predicted octanol–water partition coefficient (Wildman–Crippen LogP) is 8.81. The lowest BCUT2D eigenvalue weighted by atomic mass is 9.62. The number of aromatic nitrogens is 2. The summed E-state index contributed by atoms with van der Waals surface area (Å²) in [6, 6.07) is 35.9. The minimum Gasteiger partial charge on any atom is -0.280 e. The van der Waals surface area contributed by atoms with E-state index in [-0.39, 0.29) is 16.9 Å². The molecule has 0 unspecified atom stereocenters. The number of thioether (sulfide) groups is 1. The predicted molar refractivity (Wildman–Crippen MR) is 184 cm³/mol. The molecule has 0 aliphatic heterocycles. The molecule has 226 valence electrons. The highest BCUT2D eigenvalue weighted by Gasteiger charge is 2.44. The number of carbonyl (C=O) groups is 1. The Hall–Kier alpha value is -4.42. The Balaban J connectivity index is 1.39. The van der Waals surface area contributed by atoms with Gasteiger partial charge in [0.05, 0.1) is 22.2 Å². The van der Waals surface area contributed by atoms with Crippen molar-refractivity contribution in [2.24, 2.45) is 0 Å². The molecule has 45 heavy (non-hydrogen) atoms. The number of anilines is 2. The Morgan fingerprint density at radius 1 is 0.844 bits per heavy atom. The van der Waals surface area contributed by atoms with Gasteiger partial charge in [-0.15, -0.1) is 0 Å². The summed E-state index contributed by atoms with van der Waals surface area (Å²) >= 11 is 1.35. The van der Waals surface area contributed by atoms with Gasteiger partial charge in [0.1, 0.15) is 0 Å². The topological polar surface area (TPSA) is 55.2 Å². The summed E-state index contributed by atoms with van der Waals surface area (Å²) < 4.78 is 1.78. The van der Waals surface area contributed by atoms with Crippen molar-refractivity contribution in [1.29, 1.82) is 0 Å². The summed E-state index contributed by atoms with van der Waals surface area (Å²) in [5.74, 6) is -0.0793. The molecule has 0 saturated heterocycles. The summed E-state index contributed by atoms with van der Waals surface area (Å²) in [7, 11) is 0. The summed E-state index contributed by atoms with van der Waals surface area (Å²) in [5.41, 5.74) is 7.14. The van der Waals surface area contributed by atoms with Crippen molar-refractivity contribution in [3.8, 4) is 16.9 Å². The van der Waals surface area contributed by atoms with E-state index in [9.17, 15) is 9.59 Å². The van der Waals surface area contributed by atoms with Crippen LogP contribution in [0.3, 0.4) is 0 Å².